The van der Waals surface area contributed by atoms with Gasteiger partial charge in [-0.3, -0.25) is 0 Å². The predicted octanol–water partition coefficient (Wildman–Crippen LogP) is 3.62. The zero-order chi connectivity index (χ0) is 12.6. The smallest absolute Gasteiger partial charge is 0.434 e. The van der Waals surface area contributed by atoms with Gasteiger partial charge in [0.25, 0.3) is 0 Å². The number of rotatable bonds is 2. The van der Waals surface area contributed by atoms with Crippen LogP contribution in [0.15, 0.2) is 0 Å². The van der Waals surface area contributed by atoms with E-state index >= 15 is 0 Å². The minimum absolute atomic E-state index is 0.321. The molecule has 0 aromatic carbocycles. The van der Waals surface area contributed by atoms with Crippen molar-refractivity contribution in [2.75, 3.05) is 6.61 Å². The number of hydrogen-bond donors (Lipinski definition) is 0. The zero-order valence-corrected chi connectivity index (χ0v) is 11.3. The topological polar surface area (TPSA) is 35.5 Å². The summed E-state index contributed by atoms with van der Waals surface area (Å²) in [6.07, 6.45) is 0.610. The summed E-state index contributed by atoms with van der Waals surface area (Å²) in [7, 11) is 0. The summed E-state index contributed by atoms with van der Waals surface area (Å²) in [5, 5.41) is 0. The Bertz CT molecular complexity index is 257. The van der Waals surface area contributed by atoms with Gasteiger partial charge in [-0.05, 0) is 44.4 Å². The van der Waals surface area contributed by atoms with Crippen LogP contribution in [0, 0.1) is 17.3 Å². The van der Waals surface area contributed by atoms with E-state index in [0.29, 0.717) is 23.9 Å². The molecule has 3 nitrogen and oxygen atoms in total. The quantitative estimate of drug-likeness (QED) is 0.677. The fourth-order valence-electron chi connectivity index (χ4n) is 1.95. The highest BCUT2D eigenvalue weighted by Crippen LogP contribution is 2.50. The lowest BCUT2D eigenvalue weighted by Crippen LogP contribution is -2.25. The molecule has 0 heterocycles. The van der Waals surface area contributed by atoms with Gasteiger partial charge in [-0.15, -0.1) is 0 Å². The van der Waals surface area contributed by atoms with Crippen molar-refractivity contribution < 1.29 is 14.3 Å². The first kappa shape index (κ1) is 13.3. The normalized spacial score (nSPS) is 25.1. The van der Waals surface area contributed by atoms with Gasteiger partial charge >= 0.3 is 6.16 Å². The van der Waals surface area contributed by atoms with Crippen molar-refractivity contribution in [3.63, 3.8) is 0 Å². The third kappa shape index (κ3) is 4.42. The van der Waals surface area contributed by atoms with Crippen LogP contribution in [0.4, 0.5) is 4.79 Å². The van der Waals surface area contributed by atoms with E-state index in [1.165, 1.54) is 0 Å². The summed E-state index contributed by atoms with van der Waals surface area (Å²) in [5.41, 5.74) is -0.147. The molecular formula is C13H24O3. The van der Waals surface area contributed by atoms with Gasteiger partial charge < -0.3 is 9.47 Å². The van der Waals surface area contributed by atoms with Crippen LogP contribution >= 0.6 is 0 Å². The summed E-state index contributed by atoms with van der Waals surface area (Å²) in [5.74, 6) is 1.20. The van der Waals surface area contributed by atoms with Gasteiger partial charge in [0.15, 0.2) is 0 Å². The highest BCUT2D eigenvalue weighted by atomic mass is 16.7. The maximum Gasteiger partial charge on any atom is 0.508 e. The summed E-state index contributed by atoms with van der Waals surface area (Å²) in [6.45, 7) is 12.7. The van der Waals surface area contributed by atoms with Crippen molar-refractivity contribution in [3.8, 4) is 0 Å². The maximum absolute atomic E-state index is 11.3. The summed E-state index contributed by atoms with van der Waals surface area (Å²) in [6, 6.07) is 0. The van der Waals surface area contributed by atoms with Crippen LogP contribution in [0.25, 0.3) is 0 Å². The van der Waals surface area contributed by atoms with Crippen molar-refractivity contribution in [1.29, 1.82) is 0 Å². The third-order valence-electron chi connectivity index (χ3n) is 2.84. The van der Waals surface area contributed by atoms with Crippen molar-refractivity contribution >= 4 is 6.16 Å². The first-order valence-corrected chi connectivity index (χ1v) is 5.95. The fraction of sp³-hybridized carbons (Fsp3) is 0.923. The Kier molecular flexibility index (Phi) is 3.56. The van der Waals surface area contributed by atoms with Crippen LogP contribution in [-0.2, 0) is 9.47 Å². The molecule has 0 spiro atoms. The monoisotopic (exact) mass is 228 g/mol. The maximum atomic E-state index is 11.3. The lowest BCUT2D eigenvalue weighted by Gasteiger charge is -2.20. The summed E-state index contributed by atoms with van der Waals surface area (Å²) >= 11 is 0. The van der Waals surface area contributed by atoms with Crippen LogP contribution in [0.3, 0.4) is 0 Å². The predicted molar refractivity (Wildman–Crippen MR) is 63.2 cm³/mol. The van der Waals surface area contributed by atoms with Crippen LogP contribution in [0.5, 0.6) is 0 Å². The lowest BCUT2D eigenvalue weighted by molar-refractivity contribution is -0.0101. The highest BCUT2D eigenvalue weighted by Gasteiger charge is 2.45. The van der Waals surface area contributed by atoms with Crippen LogP contribution in [0.2, 0.25) is 0 Å². The Morgan fingerprint density at radius 1 is 1.19 bits per heavy atom. The fourth-order valence-corrected chi connectivity index (χ4v) is 1.95. The lowest BCUT2D eigenvalue weighted by atomic mass is 9.89. The van der Waals surface area contributed by atoms with Gasteiger partial charge in [-0.25, -0.2) is 4.79 Å². The highest BCUT2D eigenvalue weighted by molar-refractivity contribution is 5.60. The van der Waals surface area contributed by atoms with E-state index in [2.05, 4.69) is 20.8 Å². The van der Waals surface area contributed by atoms with E-state index in [-0.39, 0.29) is 0 Å². The second-order valence-corrected chi connectivity index (χ2v) is 6.74. The van der Waals surface area contributed by atoms with Crippen molar-refractivity contribution in [2.24, 2.45) is 17.3 Å². The molecule has 1 fully saturated rings. The molecule has 1 rings (SSSR count). The molecule has 0 amide bonds. The average Bonchev–Trinajstić information content (AvgIpc) is 2.74. The third-order valence-corrected chi connectivity index (χ3v) is 2.84. The van der Waals surface area contributed by atoms with Gasteiger partial charge in [0.05, 0.1) is 6.61 Å². The molecule has 1 aliphatic carbocycles. The Hall–Kier alpha value is -0.730. The molecule has 94 valence electrons. The first-order chi connectivity index (χ1) is 7.09. The van der Waals surface area contributed by atoms with Gasteiger partial charge in [0.1, 0.15) is 5.60 Å². The van der Waals surface area contributed by atoms with Crippen molar-refractivity contribution in [3.05, 3.63) is 0 Å². The minimum atomic E-state index is -0.549. The van der Waals surface area contributed by atoms with E-state index in [9.17, 15) is 4.79 Å². The molecule has 0 radical (unpaired) electrons. The molecule has 1 aliphatic rings. The molecule has 0 unspecified atom stereocenters. The molecule has 0 aromatic heterocycles. The standard InChI is InChI=1S/C13H24O3/c1-12(2,3)10-7-9(10)8-15-11(14)16-13(4,5)6/h9-10H,7-8H2,1-6H3/t9-,10+/m0/s1. The van der Waals surface area contributed by atoms with Gasteiger partial charge in [0, 0.05) is 0 Å². The average molecular weight is 228 g/mol. The molecule has 0 aromatic rings. The molecule has 2 atom stereocenters. The molecular weight excluding hydrogens is 204 g/mol. The SMILES string of the molecule is CC(C)(C)OC(=O)OC[C@@H]1C[C@H]1C(C)(C)C. The summed E-state index contributed by atoms with van der Waals surface area (Å²) in [4.78, 5) is 11.3. The van der Waals surface area contributed by atoms with E-state index in [0.717, 1.165) is 6.42 Å². The molecule has 1 saturated carbocycles. The van der Waals surface area contributed by atoms with E-state index < -0.39 is 11.8 Å². The second kappa shape index (κ2) is 4.27. The zero-order valence-electron chi connectivity index (χ0n) is 11.3. The minimum Gasteiger partial charge on any atom is -0.434 e. The summed E-state index contributed by atoms with van der Waals surface area (Å²) < 4.78 is 10.2. The second-order valence-electron chi connectivity index (χ2n) is 6.74. The van der Waals surface area contributed by atoms with Crippen LogP contribution in [0.1, 0.15) is 48.0 Å². The van der Waals surface area contributed by atoms with E-state index in [4.69, 9.17) is 9.47 Å². The Balaban J connectivity index is 2.21. The molecule has 0 N–H and O–H groups in total. The number of carbonyl (C=O) groups is 1. The Morgan fingerprint density at radius 3 is 2.12 bits per heavy atom. The number of hydrogen-bond acceptors (Lipinski definition) is 3. The van der Waals surface area contributed by atoms with Crippen LogP contribution < -0.4 is 0 Å². The molecule has 0 saturated heterocycles. The largest absolute Gasteiger partial charge is 0.508 e. The number of carbonyl (C=O) groups excluding carboxylic acids is 1. The van der Waals surface area contributed by atoms with Gasteiger partial charge in [0.2, 0.25) is 0 Å². The van der Waals surface area contributed by atoms with Crippen molar-refractivity contribution in [1.82, 2.24) is 0 Å². The van der Waals surface area contributed by atoms with Gasteiger partial charge in [-0.2, -0.15) is 0 Å². The van der Waals surface area contributed by atoms with E-state index in [1.807, 2.05) is 20.8 Å². The molecule has 3 heteroatoms. The van der Waals surface area contributed by atoms with E-state index in [1.54, 1.807) is 0 Å². The molecule has 0 aliphatic heterocycles. The van der Waals surface area contributed by atoms with Gasteiger partial charge in [-0.1, -0.05) is 20.8 Å². The molecule has 0 bridgehead atoms. The Morgan fingerprint density at radius 2 is 1.75 bits per heavy atom. The van der Waals surface area contributed by atoms with Crippen molar-refractivity contribution in [2.45, 2.75) is 53.6 Å². The molecule has 16 heavy (non-hydrogen) atoms. The Labute approximate surface area is 98.5 Å². The number of ether oxygens (including phenoxy) is 2. The first-order valence-electron chi connectivity index (χ1n) is 5.95. The van der Waals surface area contributed by atoms with Crippen LogP contribution in [-0.4, -0.2) is 18.4 Å².